The first-order chi connectivity index (χ1) is 16.5. The van der Waals surface area contributed by atoms with Crippen LogP contribution in [0.2, 0.25) is 0 Å². The third-order valence-electron chi connectivity index (χ3n) is 5.95. The Morgan fingerprint density at radius 1 is 1.35 bits per heavy atom. The molecule has 1 aliphatic rings. The Hall–Kier alpha value is -3.67. The van der Waals surface area contributed by atoms with Gasteiger partial charge in [-0.05, 0) is 49.8 Å². The van der Waals surface area contributed by atoms with Gasteiger partial charge in [-0.3, -0.25) is 15.1 Å². The molecule has 1 unspecified atom stereocenters. The minimum atomic E-state index is -0.605. The summed E-state index contributed by atoms with van der Waals surface area (Å²) in [6, 6.07) is 8.50. The zero-order valence-electron chi connectivity index (χ0n) is 19.7. The lowest BCUT2D eigenvalue weighted by molar-refractivity contribution is 0.0782. The van der Waals surface area contributed by atoms with Gasteiger partial charge in [0.1, 0.15) is 5.75 Å². The number of halogens is 1. The fourth-order valence-corrected chi connectivity index (χ4v) is 4.19. The molecular weight excluding hydrogens is 435 g/mol. The molecule has 8 nitrogen and oxygen atoms in total. The van der Waals surface area contributed by atoms with Gasteiger partial charge in [0.25, 0.3) is 5.91 Å². The third-order valence-corrected chi connectivity index (χ3v) is 5.95. The average molecular weight is 467 g/mol. The van der Waals surface area contributed by atoms with Crippen molar-refractivity contribution in [2.45, 2.75) is 39.0 Å². The van der Waals surface area contributed by atoms with Gasteiger partial charge in [-0.1, -0.05) is 25.0 Å². The average Bonchev–Trinajstić information content (AvgIpc) is 3.30. The number of benzene rings is 1. The van der Waals surface area contributed by atoms with Crippen LogP contribution in [0.5, 0.6) is 5.75 Å². The van der Waals surface area contributed by atoms with E-state index in [1.165, 1.54) is 12.3 Å². The molecule has 2 N–H and O–H groups in total. The topological polar surface area (TPSA) is 103 Å². The highest BCUT2D eigenvalue weighted by molar-refractivity contribution is 5.98. The number of hydrogen-bond donors (Lipinski definition) is 2. The smallest absolute Gasteiger partial charge is 0.257 e. The zero-order valence-corrected chi connectivity index (χ0v) is 19.7. The van der Waals surface area contributed by atoms with Crippen molar-refractivity contribution in [2.75, 3.05) is 32.1 Å². The molecule has 0 aliphatic carbocycles. The van der Waals surface area contributed by atoms with Crippen molar-refractivity contribution < 1.29 is 13.9 Å². The fourth-order valence-electron chi connectivity index (χ4n) is 4.19. The molecule has 0 saturated carbocycles. The summed E-state index contributed by atoms with van der Waals surface area (Å²) in [7, 11) is 1.59. The van der Waals surface area contributed by atoms with Crippen LogP contribution < -0.4 is 15.4 Å². The highest BCUT2D eigenvalue weighted by atomic mass is 19.1. The van der Waals surface area contributed by atoms with E-state index in [9.17, 15) is 9.18 Å². The number of guanidine groups is 1. The van der Waals surface area contributed by atoms with Crippen LogP contribution >= 0.6 is 0 Å². The van der Waals surface area contributed by atoms with Crippen LogP contribution in [-0.4, -0.2) is 48.5 Å². The largest absolute Gasteiger partial charge is 0.496 e. The number of ether oxygens (including phenoxy) is 1. The zero-order chi connectivity index (χ0) is 24.3. The van der Waals surface area contributed by atoms with Crippen LogP contribution in [0.15, 0.2) is 41.5 Å². The van der Waals surface area contributed by atoms with Gasteiger partial charge >= 0.3 is 0 Å². The van der Waals surface area contributed by atoms with Crippen LogP contribution in [0, 0.1) is 30.2 Å². The summed E-state index contributed by atoms with van der Waals surface area (Å²) in [5.74, 6) is 0.853. The molecule has 1 atom stereocenters. The number of methoxy groups -OCH3 is 1. The summed E-state index contributed by atoms with van der Waals surface area (Å²) in [5, 5.41) is 14.3. The van der Waals surface area contributed by atoms with Gasteiger partial charge in [-0.15, -0.1) is 0 Å². The van der Waals surface area contributed by atoms with Crippen molar-refractivity contribution >= 4 is 17.6 Å². The first-order valence-corrected chi connectivity index (χ1v) is 11.5. The first-order valence-electron chi connectivity index (χ1n) is 11.5. The monoisotopic (exact) mass is 466 g/mol. The number of hydrogen-bond acceptors (Lipinski definition) is 5. The SMILES string of the molecule is COc1cccc(C)c1C(=O)N1CCC(CCCCCN=C(NC#N)Nc2ccnc(F)c2)C1. The second-order valence-corrected chi connectivity index (χ2v) is 8.37. The molecule has 0 spiro atoms. The first kappa shape index (κ1) is 25.0. The highest BCUT2D eigenvalue weighted by Gasteiger charge is 2.28. The molecule has 9 heteroatoms. The van der Waals surface area contributed by atoms with Crippen LogP contribution in [0.25, 0.3) is 0 Å². The van der Waals surface area contributed by atoms with E-state index in [0.29, 0.717) is 29.5 Å². The second-order valence-electron chi connectivity index (χ2n) is 8.37. The maximum Gasteiger partial charge on any atom is 0.257 e. The lowest BCUT2D eigenvalue weighted by atomic mass is 10.0. The van der Waals surface area contributed by atoms with Crippen molar-refractivity contribution in [3.8, 4) is 11.9 Å². The van der Waals surface area contributed by atoms with Crippen molar-refractivity contribution in [3.05, 3.63) is 53.6 Å². The number of aryl methyl sites for hydroxylation is 1. The summed E-state index contributed by atoms with van der Waals surface area (Å²) in [5.41, 5.74) is 2.06. The number of carbonyl (C=O) groups is 1. The number of nitriles is 1. The second kappa shape index (κ2) is 12.5. The molecule has 1 fully saturated rings. The molecule has 0 radical (unpaired) electrons. The number of pyridine rings is 1. The Labute approximate surface area is 199 Å². The number of aromatic nitrogens is 1. The number of nitrogens with zero attached hydrogens (tertiary/aromatic N) is 4. The van der Waals surface area contributed by atoms with Crippen molar-refractivity contribution in [3.63, 3.8) is 0 Å². The van der Waals surface area contributed by atoms with Crippen LogP contribution in [0.3, 0.4) is 0 Å². The maximum absolute atomic E-state index is 13.2. The number of amides is 1. The van der Waals surface area contributed by atoms with Crippen LogP contribution in [0.1, 0.15) is 48.0 Å². The quantitative estimate of drug-likeness (QED) is 0.144. The molecule has 1 aromatic heterocycles. The van der Waals surface area contributed by atoms with E-state index < -0.39 is 5.95 Å². The van der Waals surface area contributed by atoms with Gasteiger partial charge in [-0.2, -0.15) is 9.65 Å². The van der Waals surface area contributed by atoms with E-state index in [-0.39, 0.29) is 11.9 Å². The number of carbonyl (C=O) groups excluding carboxylic acids is 1. The van der Waals surface area contributed by atoms with Crippen molar-refractivity contribution in [1.29, 1.82) is 5.26 Å². The Balaban J connectivity index is 1.40. The standard InChI is InChI=1S/C25H31FN6O2/c1-18-7-6-9-21(34-2)23(18)24(33)32-14-11-19(16-32)8-4-3-5-12-29-25(30-17-27)31-20-10-13-28-22(26)15-20/h6-7,9-10,13,15,19H,3-5,8,11-12,14,16H2,1-2H3,(H2,28,29,30,31). The van der Waals surface area contributed by atoms with Crippen LogP contribution in [-0.2, 0) is 0 Å². The molecule has 3 rings (SSSR count). The van der Waals surface area contributed by atoms with Gasteiger partial charge in [0.15, 0.2) is 6.19 Å². The predicted octanol–water partition coefficient (Wildman–Crippen LogP) is 4.10. The number of likely N-dealkylation sites (tertiary alicyclic amines) is 1. The summed E-state index contributed by atoms with van der Waals surface area (Å²) in [6.45, 7) is 4.04. The fraction of sp³-hybridized carbons (Fsp3) is 0.440. The Morgan fingerprint density at radius 3 is 2.97 bits per heavy atom. The predicted molar refractivity (Wildman–Crippen MR) is 129 cm³/mol. The summed E-state index contributed by atoms with van der Waals surface area (Å²) < 4.78 is 18.6. The summed E-state index contributed by atoms with van der Waals surface area (Å²) in [6.07, 6.45) is 8.19. The molecule has 2 aromatic rings. The summed E-state index contributed by atoms with van der Waals surface area (Å²) >= 11 is 0. The number of aliphatic imine (C=N–C) groups is 1. The Kier molecular flexibility index (Phi) is 9.21. The van der Waals surface area contributed by atoms with Gasteiger partial charge < -0.3 is 15.0 Å². The lowest BCUT2D eigenvalue weighted by Crippen LogP contribution is -2.29. The van der Waals surface area contributed by atoms with Gasteiger partial charge in [0, 0.05) is 37.6 Å². The minimum absolute atomic E-state index is 0.0471. The molecular formula is C25H31FN6O2. The number of rotatable bonds is 9. The van der Waals surface area contributed by atoms with Crippen LogP contribution in [0.4, 0.5) is 10.1 Å². The van der Waals surface area contributed by atoms with E-state index in [1.807, 2.05) is 36.2 Å². The van der Waals surface area contributed by atoms with E-state index in [1.54, 1.807) is 13.2 Å². The van der Waals surface area contributed by atoms with Gasteiger partial charge in [-0.25, -0.2) is 4.98 Å². The number of nitrogens with one attached hydrogen (secondary N) is 2. The maximum atomic E-state index is 13.2. The number of anilines is 1. The van der Waals surface area contributed by atoms with E-state index >= 15 is 0 Å². The minimum Gasteiger partial charge on any atom is -0.496 e. The summed E-state index contributed by atoms with van der Waals surface area (Å²) in [4.78, 5) is 22.9. The van der Waals surface area contributed by atoms with Gasteiger partial charge in [0.2, 0.25) is 11.9 Å². The number of unbranched alkanes of at least 4 members (excludes halogenated alkanes) is 2. The van der Waals surface area contributed by atoms with Gasteiger partial charge in [0.05, 0.1) is 12.7 Å². The molecule has 0 bridgehead atoms. The van der Waals surface area contributed by atoms with Crippen molar-refractivity contribution in [2.24, 2.45) is 10.9 Å². The molecule has 1 aliphatic heterocycles. The van der Waals surface area contributed by atoms with E-state index in [0.717, 1.165) is 50.8 Å². The van der Waals surface area contributed by atoms with Crippen molar-refractivity contribution in [1.82, 2.24) is 15.2 Å². The highest BCUT2D eigenvalue weighted by Crippen LogP contribution is 2.28. The molecule has 2 heterocycles. The Bertz CT molecular complexity index is 1050. The molecule has 1 amide bonds. The third kappa shape index (κ3) is 6.91. The normalized spacial score (nSPS) is 15.6. The van der Waals surface area contributed by atoms with E-state index in [2.05, 4.69) is 20.6 Å². The molecule has 34 heavy (non-hydrogen) atoms. The molecule has 180 valence electrons. The Morgan fingerprint density at radius 2 is 2.21 bits per heavy atom. The molecule has 1 saturated heterocycles. The van der Waals surface area contributed by atoms with E-state index in [4.69, 9.17) is 10.00 Å². The lowest BCUT2D eigenvalue weighted by Gasteiger charge is -2.19. The molecule has 1 aromatic carbocycles.